The number of hydrogen-bond donors (Lipinski definition) is 2. The Morgan fingerprint density at radius 1 is 1.20 bits per heavy atom. The number of rotatable bonds is 2. The number of benzene rings is 1. The summed E-state index contributed by atoms with van der Waals surface area (Å²) in [5, 5.41) is 0. The van der Waals surface area contributed by atoms with Gasteiger partial charge in [0.15, 0.2) is 12.1 Å². The fourth-order valence-electron chi connectivity index (χ4n) is 2.43. The zero-order valence-corrected chi connectivity index (χ0v) is 11.0. The van der Waals surface area contributed by atoms with Crippen LogP contribution in [0, 0.1) is 6.92 Å². The van der Waals surface area contributed by atoms with Crippen molar-refractivity contribution in [2.45, 2.75) is 6.92 Å². The summed E-state index contributed by atoms with van der Waals surface area (Å²) in [7, 11) is 0. The molecule has 0 atom stereocenters. The minimum Gasteiger partial charge on any atom is -0.398 e. The first-order valence-corrected chi connectivity index (χ1v) is 6.20. The molecule has 0 bridgehead atoms. The maximum absolute atomic E-state index is 11.1. The van der Waals surface area contributed by atoms with Crippen LogP contribution in [0.1, 0.15) is 16.1 Å². The highest BCUT2D eigenvalue weighted by atomic mass is 16.1. The number of pyridine rings is 1. The van der Waals surface area contributed by atoms with Crippen molar-refractivity contribution < 1.29 is 4.79 Å². The average molecular weight is 266 g/mol. The minimum atomic E-state index is 0.231. The Labute approximate surface area is 115 Å². The Hall–Kier alpha value is -2.82. The normalized spacial score (nSPS) is 10.8. The summed E-state index contributed by atoms with van der Waals surface area (Å²) < 4.78 is 1.68. The summed E-state index contributed by atoms with van der Waals surface area (Å²) >= 11 is 0. The first kappa shape index (κ1) is 12.2. The van der Waals surface area contributed by atoms with Gasteiger partial charge in [0.2, 0.25) is 0 Å². The molecule has 20 heavy (non-hydrogen) atoms. The lowest BCUT2D eigenvalue weighted by Crippen LogP contribution is -1.97. The molecular weight excluding hydrogens is 252 g/mol. The number of nitrogens with zero attached hydrogens (tertiary/aromatic N) is 2. The van der Waals surface area contributed by atoms with Gasteiger partial charge in [-0.15, -0.1) is 0 Å². The van der Waals surface area contributed by atoms with E-state index in [4.69, 9.17) is 11.5 Å². The number of nitrogens with two attached hydrogens (primary N) is 2. The Bertz CT molecular complexity index is 800. The summed E-state index contributed by atoms with van der Waals surface area (Å²) in [5.74, 6) is 0.231. The van der Waals surface area contributed by atoms with E-state index in [1.54, 1.807) is 4.40 Å². The number of fused-ring (bicyclic) bond motifs is 1. The Morgan fingerprint density at radius 3 is 2.70 bits per heavy atom. The van der Waals surface area contributed by atoms with Gasteiger partial charge >= 0.3 is 0 Å². The van der Waals surface area contributed by atoms with Gasteiger partial charge in [-0.05, 0) is 30.7 Å². The lowest BCUT2D eigenvalue weighted by molar-refractivity contribution is 0.111. The van der Waals surface area contributed by atoms with Crippen molar-refractivity contribution in [3.8, 4) is 11.1 Å². The van der Waals surface area contributed by atoms with E-state index in [9.17, 15) is 4.79 Å². The molecule has 2 aromatic heterocycles. The molecule has 0 aliphatic heterocycles. The van der Waals surface area contributed by atoms with Crippen molar-refractivity contribution in [1.82, 2.24) is 9.38 Å². The van der Waals surface area contributed by atoms with Gasteiger partial charge < -0.3 is 11.5 Å². The molecule has 5 heteroatoms. The average Bonchev–Trinajstić information content (AvgIpc) is 2.73. The molecule has 0 spiro atoms. The third-order valence-corrected chi connectivity index (χ3v) is 3.39. The molecule has 0 amide bonds. The summed E-state index contributed by atoms with van der Waals surface area (Å²) in [6.45, 7) is 2.00. The van der Waals surface area contributed by atoms with Crippen LogP contribution in [-0.2, 0) is 0 Å². The number of aromatic nitrogens is 2. The monoisotopic (exact) mass is 266 g/mol. The van der Waals surface area contributed by atoms with Gasteiger partial charge in [-0.2, -0.15) is 0 Å². The molecule has 2 heterocycles. The predicted octanol–water partition coefficient (Wildman–Crippen LogP) is 2.29. The topological polar surface area (TPSA) is 86.4 Å². The quantitative estimate of drug-likeness (QED) is 0.550. The van der Waals surface area contributed by atoms with Crippen molar-refractivity contribution in [3.05, 3.63) is 47.8 Å². The van der Waals surface area contributed by atoms with Crippen LogP contribution in [0.3, 0.4) is 0 Å². The molecule has 4 N–H and O–H groups in total. The summed E-state index contributed by atoms with van der Waals surface area (Å²) in [4.78, 5) is 15.3. The number of anilines is 2. The molecule has 3 rings (SSSR count). The number of aldehydes is 1. The van der Waals surface area contributed by atoms with E-state index >= 15 is 0 Å². The third-order valence-electron chi connectivity index (χ3n) is 3.39. The van der Waals surface area contributed by atoms with Crippen molar-refractivity contribution in [2.75, 3.05) is 11.5 Å². The molecule has 0 fully saturated rings. The summed E-state index contributed by atoms with van der Waals surface area (Å²) in [5.41, 5.74) is 16.4. The molecular formula is C15H14N4O. The second-order valence-corrected chi connectivity index (χ2v) is 4.69. The van der Waals surface area contributed by atoms with Gasteiger partial charge in [0, 0.05) is 23.0 Å². The van der Waals surface area contributed by atoms with Crippen LogP contribution >= 0.6 is 0 Å². The van der Waals surface area contributed by atoms with Crippen molar-refractivity contribution in [3.63, 3.8) is 0 Å². The van der Waals surface area contributed by atoms with Crippen LogP contribution in [0.15, 0.2) is 36.5 Å². The van der Waals surface area contributed by atoms with E-state index < -0.39 is 0 Å². The maximum Gasteiger partial charge on any atom is 0.170 e. The van der Waals surface area contributed by atoms with Crippen LogP contribution in [0.5, 0.6) is 0 Å². The molecule has 100 valence electrons. The van der Waals surface area contributed by atoms with E-state index in [0.717, 1.165) is 16.7 Å². The smallest absolute Gasteiger partial charge is 0.170 e. The lowest BCUT2D eigenvalue weighted by Gasteiger charge is -2.10. The zero-order valence-electron chi connectivity index (χ0n) is 11.0. The highest BCUT2D eigenvalue weighted by Crippen LogP contribution is 2.30. The Kier molecular flexibility index (Phi) is 2.68. The summed E-state index contributed by atoms with van der Waals surface area (Å²) in [6.07, 6.45) is 2.54. The van der Waals surface area contributed by atoms with E-state index in [-0.39, 0.29) is 5.82 Å². The standard InChI is InChI=1S/C15H14N4O/c1-9-3-2-4-11(16)14(9)10-5-6-13-18-15(17)12(8-20)19(13)7-10/h2-8H,16-17H2,1H3. The number of aryl methyl sites for hydroxylation is 1. The van der Waals surface area contributed by atoms with Gasteiger partial charge in [0.05, 0.1) is 0 Å². The van der Waals surface area contributed by atoms with Gasteiger partial charge in [-0.3, -0.25) is 9.20 Å². The molecule has 0 aliphatic carbocycles. The van der Waals surface area contributed by atoms with Gasteiger partial charge in [0.1, 0.15) is 11.3 Å². The number of hydrogen-bond acceptors (Lipinski definition) is 4. The largest absolute Gasteiger partial charge is 0.398 e. The number of nitrogen functional groups attached to an aromatic ring is 2. The number of carbonyl (C=O) groups is 1. The summed E-state index contributed by atoms with van der Waals surface area (Å²) in [6, 6.07) is 9.52. The number of imidazole rings is 1. The predicted molar refractivity (Wildman–Crippen MR) is 79.6 cm³/mol. The van der Waals surface area contributed by atoms with Crippen molar-refractivity contribution in [1.29, 1.82) is 0 Å². The maximum atomic E-state index is 11.1. The molecule has 0 saturated heterocycles. The molecule has 0 radical (unpaired) electrons. The zero-order chi connectivity index (χ0) is 14.3. The SMILES string of the molecule is Cc1cccc(N)c1-c1ccc2nc(N)c(C=O)n2c1. The second kappa shape index (κ2) is 4.38. The minimum absolute atomic E-state index is 0.231. The molecule has 0 unspecified atom stereocenters. The second-order valence-electron chi connectivity index (χ2n) is 4.69. The van der Waals surface area contributed by atoms with Crippen molar-refractivity contribution in [2.24, 2.45) is 0 Å². The lowest BCUT2D eigenvalue weighted by atomic mass is 10.0. The highest BCUT2D eigenvalue weighted by Gasteiger charge is 2.11. The Morgan fingerprint density at radius 2 is 2.00 bits per heavy atom. The Balaban J connectivity index is 2.30. The van der Waals surface area contributed by atoms with Crippen LogP contribution in [0.4, 0.5) is 11.5 Å². The fraction of sp³-hybridized carbons (Fsp3) is 0.0667. The van der Waals surface area contributed by atoms with E-state index in [1.807, 2.05) is 43.5 Å². The van der Waals surface area contributed by atoms with Crippen LogP contribution in [-0.4, -0.2) is 15.7 Å². The van der Waals surface area contributed by atoms with Gasteiger partial charge in [-0.25, -0.2) is 4.98 Å². The fourth-order valence-corrected chi connectivity index (χ4v) is 2.43. The number of carbonyl (C=O) groups excluding carboxylic acids is 1. The third kappa shape index (κ3) is 1.72. The first-order valence-electron chi connectivity index (χ1n) is 6.20. The molecule has 3 aromatic rings. The van der Waals surface area contributed by atoms with Crippen LogP contribution in [0.2, 0.25) is 0 Å². The first-order chi connectivity index (χ1) is 9.61. The van der Waals surface area contributed by atoms with Gasteiger partial charge in [-0.1, -0.05) is 12.1 Å². The molecule has 1 aromatic carbocycles. The van der Waals surface area contributed by atoms with E-state index in [2.05, 4.69) is 4.98 Å². The van der Waals surface area contributed by atoms with Crippen LogP contribution < -0.4 is 11.5 Å². The highest BCUT2D eigenvalue weighted by molar-refractivity contribution is 5.84. The molecule has 5 nitrogen and oxygen atoms in total. The molecule has 0 aliphatic rings. The van der Waals surface area contributed by atoms with Gasteiger partial charge in [0.25, 0.3) is 0 Å². The van der Waals surface area contributed by atoms with E-state index in [1.165, 1.54) is 0 Å². The molecule has 0 saturated carbocycles. The van der Waals surface area contributed by atoms with Crippen LogP contribution in [0.25, 0.3) is 16.8 Å². The van der Waals surface area contributed by atoms with Crippen molar-refractivity contribution >= 4 is 23.4 Å². The van der Waals surface area contributed by atoms with E-state index in [0.29, 0.717) is 23.3 Å².